The summed E-state index contributed by atoms with van der Waals surface area (Å²) in [4.78, 5) is 15.3. The van der Waals surface area contributed by atoms with Crippen molar-refractivity contribution < 1.29 is 9.53 Å². The molecule has 1 saturated heterocycles. The van der Waals surface area contributed by atoms with Crippen molar-refractivity contribution in [3.63, 3.8) is 0 Å². The zero-order chi connectivity index (χ0) is 14.7. The normalized spacial score (nSPS) is 19.5. The average molecular weight is 304 g/mol. The molecule has 2 aromatic rings. The minimum absolute atomic E-state index is 0.00445. The molecule has 21 heavy (non-hydrogen) atoms. The molecular formula is C16H20N2O2S. The fraction of sp³-hybridized carbons (Fsp3) is 0.438. The van der Waals surface area contributed by atoms with Gasteiger partial charge in [0.25, 0.3) is 0 Å². The number of benzene rings is 1. The molecule has 1 aliphatic rings. The highest BCUT2D eigenvalue weighted by molar-refractivity contribution is 7.19. The topological polar surface area (TPSA) is 41.6 Å². The van der Waals surface area contributed by atoms with E-state index < -0.39 is 0 Å². The molecule has 1 unspecified atom stereocenters. The summed E-state index contributed by atoms with van der Waals surface area (Å²) < 4.78 is 6.83. The molecule has 1 aromatic carbocycles. The van der Waals surface area contributed by atoms with Crippen LogP contribution in [0.3, 0.4) is 0 Å². The summed E-state index contributed by atoms with van der Waals surface area (Å²) in [7, 11) is 0. The van der Waals surface area contributed by atoms with Gasteiger partial charge in [0.15, 0.2) is 0 Å². The van der Waals surface area contributed by atoms with E-state index in [2.05, 4.69) is 23.5 Å². The number of carbonyl (C=O) groups is 1. The molecule has 112 valence electrons. The van der Waals surface area contributed by atoms with Gasteiger partial charge in [-0.15, -0.1) is 11.3 Å². The minimum Gasteiger partial charge on any atom is -0.377 e. The van der Waals surface area contributed by atoms with Gasteiger partial charge in [-0.2, -0.15) is 0 Å². The van der Waals surface area contributed by atoms with Crippen LogP contribution in [-0.4, -0.2) is 36.7 Å². The van der Waals surface area contributed by atoms with Crippen molar-refractivity contribution in [2.75, 3.05) is 19.7 Å². The maximum Gasteiger partial charge on any atom is 0.317 e. The summed E-state index contributed by atoms with van der Waals surface area (Å²) in [6.07, 6.45) is 1.02. The second kappa shape index (κ2) is 6.45. The lowest BCUT2D eigenvalue weighted by Crippen LogP contribution is -2.42. The van der Waals surface area contributed by atoms with Gasteiger partial charge in [-0.1, -0.05) is 18.2 Å². The monoisotopic (exact) mass is 304 g/mol. The first-order valence-electron chi connectivity index (χ1n) is 7.34. The van der Waals surface area contributed by atoms with E-state index in [1.165, 1.54) is 15.0 Å². The van der Waals surface area contributed by atoms with Crippen LogP contribution in [0, 0.1) is 0 Å². The van der Waals surface area contributed by atoms with Crippen LogP contribution in [-0.2, 0) is 11.3 Å². The minimum atomic E-state index is 0.00445. The smallest absolute Gasteiger partial charge is 0.317 e. The highest BCUT2D eigenvalue weighted by Crippen LogP contribution is 2.25. The molecule has 1 aliphatic heterocycles. The van der Waals surface area contributed by atoms with E-state index >= 15 is 0 Å². The zero-order valence-corrected chi connectivity index (χ0v) is 13.0. The number of urea groups is 1. The summed E-state index contributed by atoms with van der Waals surface area (Å²) in [5.74, 6) is 0. The number of thiophene rings is 1. The maximum atomic E-state index is 12.2. The summed E-state index contributed by atoms with van der Waals surface area (Å²) >= 11 is 1.73. The van der Waals surface area contributed by atoms with Crippen molar-refractivity contribution in [1.29, 1.82) is 0 Å². The van der Waals surface area contributed by atoms with Crippen LogP contribution in [0.5, 0.6) is 0 Å². The molecule has 1 aromatic heterocycles. The van der Waals surface area contributed by atoms with E-state index in [1.807, 2.05) is 24.0 Å². The number of nitrogens with one attached hydrogen (secondary N) is 1. The van der Waals surface area contributed by atoms with E-state index in [0.717, 1.165) is 19.6 Å². The van der Waals surface area contributed by atoms with Crippen LogP contribution >= 0.6 is 11.3 Å². The Morgan fingerprint density at radius 2 is 2.33 bits per heavy atom. The van der Waals surface area contributed by atoms with E-state index in [0.29, 0.717) is 13.1 Å². The molecule has 5 heteroatoms. The average Bonchev–Trinajstić information content (AvgIpc) is 2.78. The van der Waals surface area contributed by atoms with Crippen molar-refractivity contribution in [3.05, 3.63) is 35.2 Å². The van der Waals surface area contributed by atoms with Crippen molar-refractivity contribution >= 4 is 27.5 Å². The Kier molecular flexibility index (Phi) is 4.41. The van der Waals surface area contributed by atoms with Gasteiger partial charge in [0.2, 0.25) is 0 Å². The Morgan fingerprint density at radius 3 is 3.19 bits per heavy atom. The Labute approximate surface area is 128 Å². The van der Waals surface area contributed by atoms with Gasteiger partial charge in [-0.3, -0.25) is 0 Å². The lowest BCUT2D eigenvalue weighted by atomic mass is 10.2. The molecule has 2 heterocycles. The molecule has 2 amide bonds. The van der Waals surface area contributed by atoms with Crippen LogP contribution < -0.4 is 5.32 Å². The molecule has 4 nitrogen and oxygen atoms in total. The van der Waals surface area contributed by atoms with Gasteiger partial charge >= 0.3 is 6.03 Å². The molecule has 0 saturated carbocycles. The Morgan fingerprint density at radius 1 is 1.48 bits per heavy atom. The number of hydrogen-bond acceptors (Lipinski definition) is 3. The lowest BCUT2D eigenvalue weighted by Gasteiger charge is -2.22. The molecule has 0 spiro atoms. The van der Waals surface area contributed by atoms with Crippen LogP contribution in [0.25, 0.3) is 10.1 Å². The molecule has 0 bridgehead atoms. The predicted octanol–water partition coefficient (Wildman–Crippen LogP) is 3.22. The second-order valence-corrected chi connectivity index (χ2v) is 6.56. The van der Waals surface area contributed by atoms with Crippen LogP contribution in [0.4, 0.5) is 4.79 Å². The fourth-order valence-corrected chi connectivity index (χ4v) is 3.58. The number of ether oxygens (including phenoxy) is 1. The quantitative estimate of drug-likeness (QED) is 0.925. The van der Waals surface area contributed by atoms with Gasteiger partial charge in [-0.25, -0.2) is 4.79 Å². The maximum absolute atomic E-state index is 12.2. The third-order valence-corrected chi connectivity index (χ3v) is 4.75. The number of hydrogen-bond donors (Lipinski definition) is 1. The highest BCUT2D eigenvalue weighted by atomic mass is 32.1. The lowest BCUT2D eigenvalue weighted by molar-refractivity contribution is 0.0710. The van der Waals surface area contributed by atoms with Crippen molar-refractivity contribution in [3.8, 4) is 0 Å². The molecule has 1 N–H and O–H groups in total. The molecule has 0 aliphatic carbocycles. The number of carbonyl (C=O) groups excluding carboxylic acids is 1. The number of amides is 2. The van der Waals surface area contributed by atoms with E-state index in [4.69, 9.17) is 4.74 Å². The van der Waals surface area contributed by atoms with Crippen molar-refractivity contribution in [1.82, 2.24) is 10.2 Å². The van der Waals surface area contributed by atoms with Crippen LogP contribution in [0.1, 0.15) is 18.2 Å². The first-order chi connectivity index (χ1) is 10.2. The number of fused-ring (bicyclic) bond motifs is 1. The Hall–Kier alpha value is -1.59. The third kappa shape index (κ3) is 3.54. The summed E-state index contributed by atoms with van der Waals surface area (Å²) in [6.45, 7) is 4.77. The van der Waals surface area contributed by atoms with Gasteiger partial charge < -0.3 is 15.0 Å². The summed E-state index contributed by atoms with van der Waals surface area (Å²) in [5.41, 5.74) is 0. The van der Waals surface area contributed by atoms with Gasteiger partial charge in [-0.05, 0) is 30.9 Å². The highest BCUT2D eigenvalue weighted by Gasteiger charge is 2.19. The van der Waals surface area contributed by atoms with Crippen LogP contribution in [0.2, 0.25) is 0 Å². The van der Waals surface area contributed by atoms with E-state index in [1.54, 1.807) is 11.3 Å². The third-order valence-electron chi connectivity index (χ3n) is 3.63. The van der Waals surface area contributed by atoms with E-state index in [-0.39, 0.29) is 12.1 Å². The Bertz CT molecular complexity index is 593. The van der Waals surface area contributed by atoms with E-state index in [9.17, 15) is 4.79 Å². The molecule has 1 fully saturated rings. The van der Waals surface area contributed by atoms with Crippen LogP contribution in [0.15, 0.2) is 30.3 Å². The predicted molar refractivity (Wildman–Crippen MR) is 85.7 cm³/mol. The zero-order valence-electron chi connectivity index (χ0n) is 12.2. The Balaban J connectivity index is 1.59. The second-order valence-electron chi connectivity index (χ2n) is 5.39. The number of nitrogens with zero attached hydrogens (tertiary/aromatic N) is 1. The van der Waals surface area contributed by atoms with Crippen molar-refractivity contribution in [2.45, 2.75) is 26.0 Å². The number of rotatable bonds is 2. The summed E-state index contributed by atoms with van der Waals surface area (Å²) in [6, 6.07) is 10.4. The first kappa shape index (κ1) is 14.4. The summed E-state index contributed by atoms with van der Waals surface area (Å²) in [5, 5.41) is 4.26. The van der Waals surface area contributed by atoms with Gasteiger partial charge in [0.1, 0.15) is 0 Å². The first-order valence-corrected chi connectivity index (χ1v) is 8.16. The molecular weight excluding hydrogens is 284 g/mol. The molecule has 1 atom stereocenters. The molecule has 0 radical (unpaired) electrons. The molecule has 3 rings (SSSR count). The van der Waals surface area contributed by atoms with Gasteiger partial charge in [0.05, 0.1) is 12.6 Å². The standard InChI is InChI=1S/C16H20N2O2S/c1-12-11-18(7-4-8-20-12)16(19)17-10-14-9-13-5-2-3-6-15(13)21-14/h2-3,5-6,9,12H,4,7-8,10-11H2,1H3,(H,17,19). The largest absolute Gasteiger partial charge is 0.377 e. The van der Waals surface area contributed by atoms with Gasteiger partial charge in [0, 0.05) is 29.3 Å². The van der Waals surface area contributed by atoms with Crippen molar-refractivity contribution in [2.24, 2.45) is 0 Å². The SMILES string of the molecule is CC1CN(C(=O)NCc2cc3ccccc3s2)CCCO1. The fourth-order valence-electron chi connectivity index (χ4n) is 2.58.